The zero-order valence-corrected chi connectivity index (χ0v) is 13.7. The topological polar surface area (TPSA) is 63.7 Å². The van der Waals surface area contributed by atoms with Crippen LogP contribution in [0.15, 0.2) is 11.4 Å². The molecule has 0 radical (unpaired) electrons. The molecule has 0 N–H and O–H groups in total. The maximum Gasteiger partial charge on any atom is 0.348 e. The Hall–Kier alpha value is -1.69. The Kier molecular flexibility index (Phi) is 3.70. The molecule has 0 bridgehead atoms. The summed E-state index contributed by atoms with van der Waals surface area (Å²) in [5, 5.41) is 1.75. The van der Waals surface area contributed by atoms with Crippen LogP contribution >= 0.6 is 11.3 Å². The predicted octanol–water partition coefficient (Wildman–Crippen LogP) is 2.46. The number of nitrogens with zero attached hydrogens (tertiary/aromatic N) is 1. The number of carbonyl (C=O) groups excluding carboxylic acids is 3. The molecule has 5 nitrogen and oxygen atoms in total. The Bertz CT molecular complexity index is 589. The number of carbonyl (C=O) groups is 3. The number of likely N-dealkylation sites (tertiary alicyclic amines) is 1. The fourth-order valence-corrected chi connectivity index (χ4v) is 3.18. The molecule has 1 aromatic rings. The zero-order valence-electron chi connectivity index (χ0n) is 12.9. The van der Waals surface area contributed by atoms with E-state index in [2.05, 4.69) is 0 Å². The number of imide groups is 1. The van der Waals surface area contributed by atoms with Gasteiger partial charge in [0.2, 0.25) is 11.8 Å². The lowest BCUT2D eigenvalue weighted by Gasteiger charge is -2.28. The van der Waals surface area contributed by atoms with Crippen LogP contribution in [0, 0.1) is 10.8 Å². The van der Waals surface area contributed by atoms with Gasteiger partial charge in [0.1, 0.15) is 4.88 Å². The number of rotatable bonds is 3. The fourth-order valence-electron chi connectivity index (χ4n) is 2.35. The van der Waals surface area contributed by atoms with Gasteiger partial charge in [-0.15, -0.1) is 11.3 Å². The number of methoxy groups -OCH3 is 1. The number of ether oxygens (including phenoxy) is 1. The Morgan fingerprint density at radius 2 is 1.71 bits per heavy atom. The van der Waals surface area contributed by atoms with Crippen LogP contribution in [0.5, 0.6) is 0 Å². The van der Waals surface area contributed by atoms with Gasteiger partial charge in [0.15, 0.2) is 0 Å². The number of hydrogen-bond acceptors (Lipinski definition) is 5. The van der Waals surface area contributed by atoms with E-state index in [1.54, 1.807) is 39.1 Å². The third kappa shape index (κ3) is 2.18. The van der Waals surface area contributed by atoms with E-state index < -0.39 is 16.8 Å². The summed E-state index contributed by atoms with van der Waals surface area (Å²) in [5.41, 5.74) is -0.876. The number of esters is 1. The molecule has 6 heteroatoms. The van der Waals surface area contributed by atoms with E-state index in [-0.39, 0.29) is 18.4 Å². The highest BCUT2D eigenvalue weighted by atomic mass is 32.1. The van der Waals surface area contributed by atoms with Gasteiger partial charge in [0.25, 0.3) is 0 Å². The molecule has 0 atom stereocenters. The maximum atomic E-state index is 12.5. The highest BCUT2D eigenvalue weighted by molar-refractivity contribution is 7.12. The number of thiophene rings is 1. The second-order valence-electron chi connectivity index (χ2n) is 6.21. The minimum absolute atomic E-state index is 0.110. The van der Waals surface area contributed by atoms with E-state index >= 15 is 0 Å². The molecule has 2 heterocycles. The first-order chi connectivity index (χ1) is 9.64. The Morgan fingerprint density at radius 3 is 2.19 bits per heavy atom. The van der Waals surface area contributed by atoms with Gasteiger partial charge in [-0.25, -0.2) is 4.79 Å². The van der Waals surface area contributed by atoms with Gasteiger partial charge in [0.05, 0.1) is 24.5 Å². The molecular weight excluding hydrogens is 290 g/mol. The average Bonchev–Trinajstić information content (AvgIpc) is 2.93. The van der Waals surface area contributed by atoms with Crippen molar-refractivity contribution in [3.8, 4) is 0 Å². The Labute approximate surface area is 127 Å². The molecule has 0 aromatic carbocycles. The zero-order chi connectivity index (χ0) is 16.0. The van der Waals surface area contributed by atoms with Crippen molar-refractivity contribution in [2.24, 2.45) is 10.8 Å². The quantitative estimate of drug-likeness (QED) is 0.635. The van der Waals surface area contributed by atoms with E-state index in [0.29, 0.717) is 10.4 Å². The smallest absolute Gasteiger partial charge is 0.348 e. The first kappa shape index (κ1) is 15.7. The van der Waals surface area contributed by atoms with Crippen molar-refractivity contribution in [1.29, 1.82) is 0 Å². The Balaban J connectivity index is 2.34. The highest BCUT2D eigenvalue weighted by Crippen LogP contribution is 2.47. The number of hydrogen-bond donors (Lipinski definition) is 0. The van der Waals surface area contributed by atoms with Gasteiger partial charge in [-0.1, -0.05) is 0 Å². The van der Waals surface area contributed by atoms with Crippen LogP contribution in [-0.2, 0) is 20.9 Å². The summed E-state index contributed by atoms with van der Waals surface area (Å²) >= 11 is 1.24. The molecule has 0 unspecified atom stereocenters. The maximum absolute atomic E-state index is 12.5. The van der Waals surface area contributed by atoms with E-state index in [0.717, 1.165) is 0 Å². The van der Waals surface area contributed by atoms with E-state index in [1.165, 1.54) is 23.3 Å². The molecular formula is C15H19NO4S. The standard InChI is InChI=1S/C15H19NO4S/c1-14(2)12(18)16(13(19)15(14,3)4)8-9-6-7-21-10(9)11(17)20-5/h6-7H,8H2,1-5H3. The minimum atomic E-state index is -0.758. The van der Waals surface area contributed by atoms with Gasteiger partial charge in [-0.05, 0) is 44.7 Å². The molecule has 114 valence electrons. The molecule has 0 spiro atoms. The van der Waals surface area contributed by atoms with Crippen molar-refractivity contribution < 1.29 is 19.1 Å². The van der Waals surface area contributed by atoms with Crippen LogP contribution in [0.2, 0.25) is 0 Å². The monoisotopic (exact) mass is 309 g/mol. The largest absolute Gasteiger partial charge is 0.465 e. The van der Waals surface area contributed by atoms with Crippen molar-refractivity contribution >= 4 is 29.1 Å². The summed E-state index contributed by atoms with van der Waals surface area (Å²) in [7, 11) is 1.31. The van der Waals surface area contributed by atoms with Gasteiger partial charge in [0, 0.05) is 0 Å². The van der Waals surface area contributed by atoms with Crippen molar-refractivity contribution in [2.75, 3.05) is 7.11 Å². The van der Waals surface area contributed by atoms with Crippen molar-refractivity contribution in [3.05, 3.63) is 21.9 Å². The third-order valence-electron chi connectivity index (χ3n) is 4.57. The van der Waals surface area contributed by atoms with Crippen LogP contribution in [-0.4, -0.2) is 29.8 Å². The lowest BCUT2D eigenvalue weighted by atomic mass is 9.70. The van der Waals surface area contributed by atoms with Crippen molar-refractivity contribution in [3.63, 3.8) is 0 Å². The van der Waals surface area contributed by atoms with Gasteiger partial charge < -0.3 is 4.74 Å². The van der Waals surface area contributed by atoms with Crippen LogP contribution < -0.4 is 0 Å². The summed E-state index contributed by atoms with van der Waals surface area (Å²) < 4.78 is 4.72. The second kappa shape index (κ2) is 4.94. The summed E-state index contributed by atoms with van der Waals surface area (Å²) in [5.74, 6) is -0.864. The molecule has 0 aliphatic carbocycles. The lowest BCUT2D eigenvalue weighted by Crippen LogP contribution is -2.35. The van der Waals surface area contributed by atoms with Crippen LogP contribution in [0.4, 0.5) is 0 Å². The first-order valence-electron chi connectivity index (χ1n) is 6.65. The molecule has 1 fully saturated rings. The molecule has 2 amide bonds. The SMILES string of the molecule is COC(=O)c1sccc1CN1C(=O)C(C)(C)C(C)(C)C1=O. The summed E-state index contributed by atoms with van der Waals surface area (Å²) in [6, 6.07) is 1.75. The van der Waals surface area contributed by atoms with E-state index in [1.807, 2.05) is 0 Å². The molecule has 1 saturated heterocycles. The van der Waals surface area contributed by atoms with Crippen LogP contribution in [0.1, 0.15) is 42.9 Å². The molecule has 0 saturated carbocycles. The molecule has 2 rings (SSSR count). The van der Waals surface area contributed by atoms with Crippen molar-refractivity contribution in [2.45, 2.75) is 34.2 Å². The second-order valence-corrected chi connectivity index (χ2v) is 7.13. The predicted molar refractivity (Wildman–Crippen MR) is 78.8 cm³/mol. The number of amides is 2. The first-order valence-corrected chi connectivity index (χ1v) is 7.53. The van der Waals surface area contributed by atoms with E-state index in [9.17, 15) is 14.4 Å². The molecule has 1 aliphatic rings. The minimum Gasteiger partial charge on any atom is -0.465 e. The third-order valence-corrected chi connectivity index (χ3v) is 5.50. The highest BCUT2D eigenvalue weighted by Gasteiger charge is 2.59. The molecule has 21 heavy (non-hydrogen) atoms. The van der Waals surface area contributed by atoms with Gasteiger partial charge in [-0.2, -0.15) is 0 Å². The summed E-state index contributed by atoms with van der Waals surface area (Å²) in [6.07, 6.45) is 0. The molecule has 1 aliphatic heterocycles. The van der Waals surface area contributed by atoms with Crippen molar-refractivity contribution in [1.82, 2.24) is 4.90 Å². The summed E-state index contributed by atoms with van der Waals surface area (Å²) in [6.45, 7) is 7.23. The fraction of sp³-hybridized carbons (Fsp3) is 0.533. The molecule has 1 aromatic heterocycles. The average molecular weight is 309 g/mol. The van der Waals surface area contributed by atoms with Crippen LogP contribution in [0.3, 0.4) is 0 Å². The Morgan fingerprint density at radius 1 is 1.19 bits per heavy atom. The van der Waals surface area contributed by atoms with Gasteiger partial charge in [-0.3, -0.25) is 14.5 Å². The lowest BCUT2D eigenvalue weighted by molar-refractivity contribution is -0.142. The van der Waals surface area contributed by atoms with Gasteiger partial charge >= 0.3 is 5.97 Å². The van der Waals surface area contributed by atoms with Crippen LogP contribution in [0.25, 0.3) is 0 Å². The summed E-state index contributed by atoms with van der Waals surface area (Å²) in [4.78, 5) is 38.4. The van der Waals surface area contributed by atoms with E-state index in [4.69, 9.17) is 4.74 Å². The normalized spacial score (nSPS) is 20.0.